The van der Waals surface area contributed by atoms with E-state index in [2.05, 4.69) is 58.6 Å². The Labute approximate surface area is 130 Å². The van der Waals surface area contributed by atoms with Gasteiger partial charge in [0.2, 0.25) is 0 Å². The molecule has 0 spiro atoms. The Morgan fingerprint density at radius 3 is 2.33 bits per heavy atom. The van der Waals surface area contributed by atoms with Gasteiger partial charge in [0.25, 0.3) is 0 Å². The minimum absolute atomic E-state index is 0.326. The van der Waals surface area contributed by atoms with Gasteiger partial charge in [0.05, 0.1) is 0 Å². The molecule has 116 valence electrons. The van der Waals surface area contributed by atoms with E-state index in [4.69, 9.17) is 4.79 Å². The fourth-order valence-corrected chi connectivity index (χ4v) is 2.64. The third kappa shape index (κ3) is 7.08. The Bertz CT molecular complexity index is 470. The Morgan fingerprint density at radius 1 is 1.19 bits per heavy atom. The molecule has 0 aliphatic heterocycles. The first-order chi connectivity index (χ1) is 9.83. The molecule has 0 N–H and O–H groups in total. The summed E-state index contributed by atoms with van der Waals surface area (Å²) in [4.78, 5) is 8.00. The number of carbonyl (C=O) groups is 1. The maximum absolute atomic E-state index is 8.00. The third-order valence-electron chi connectivity index (χ3n) is 3.80. The van der Waals surface area contributed by atoms with Gasteiger partial charge in [-0.2, -0.15) is 0 Å². The van der Waals surface area contributed by atoms with Gasteiger partial charge in [-0.05, 0) is 51.0 Å². The van der Waals surface area contributed by atoms with Crippen molar-refractivity contribution in [3.8, 4) is 0 Å². The summed E-state index contributed by atoms with van der Waals surface area (Å²) >= 11 is 0. The van der Waals surface area contributed by atoms with Crippen LogP contribution in [-0.4, -0.2) is 6.79 Å². The second kappa shape index (κ2) is 9.33. The molecule has 0 fully saturated rings. The van der Waals surface area contributed by atoms with Crippen LogP contribution in [0.25, 0.3) is 0 Å². The van der Waals surface area contributed by atoms with Crippen molar-refractivity contribution in [3.05, 3.63) is 59.3 Å². The van der Waals surface area contributed by atoms with E-state index in [1.165, 1.54) is 30.4 Å². The molecule has 21 heavy (non-hydrogen) atoms. The van der Waals surface area contributed by atoms with E-state index in [1.54, 1.807) is 5.57 Å². The molecule has 0 saturated carbocycles. The fraction of sp³-hybridized carbons (Fsp3) is 0.450. The summed E-state index contributed by atoms with van der Waals surface area (Å²) < 4.78 is 0. The lowest BCUT2D eigenvalue weighted by Gasteiger charge is -2.32. The molecule has 0 radical (unpaired) electrons. The molecule has 0 aromatic rings. The predicted octanol–water partition coefficient (Wildman–Crippen LogP) is 5.96. The minimum atomic E-state index is 0.326. The number of allylic oxidation sites excluding steroid dienone is 9. The van der Waals surface area contributed by atoms with Crippen molar-refractivity contribution >= 4 is 6.79 Å². The summed E-state index contributed by atoms with van der Waals surface area (Å²) in [6.07, 6.45) is 14.7. The van der Waals surface area contributed by atoms with Crippen LogP contribution in [0.1, 0.15) is 53.9 Å². The van der Waals surface area contributed by atoms with E-state index in [9.17, 15) is 0 Å². The highest BCUT2D eigenvalue weighted by Gasteiger charge is 2.26. The molecule has 1 rings (SSSR count). The molecule has 1 aliphatic carbocycles. The fourth-order valence-electron chi connectivity index (χ4n) is 2.64. The highest BCUT2D eigenvalue weighted by molar-refractivity contribution is 5.36. The number of hydrogen-bond acceptors (Lipinski definition) is 1. The smallest absolute Gasteiger partial charge is 0.106 e. The molecule has 0 aromatic carbocycles. The zero-order chi connectivity index (χ0) is 16.5. The Morgan fingerprint density at radius 2 is 1.81 bits per heavy atom. The van der Waals surface area contributed by atoms with Gasteiger partial charge in [0.1, 0.15) is 6.79 Å². The van der Waals surface area contributed by atoms with Crippen LogP contribution in [-0.2, 0) is 4.79 Å². The maximum Gasteiger partial charge on any atom is 0.106 e. The summed E-state index contributed by atoms with van der Waals surface area (Å²) in [6.45, 7) is 17.0. The van der Waals surface area contributed by atoms with E-state index in [0.717, 1.165) is 5.57 Å². The van der Waals surface area contributed by atoms with Crippen LogP contribution >= 0.6 is 0 Å². The molecule has 1 nitrogen and oxygen atoms in total. The van der Waals surface area contributed by atoms with Gasteiger partial charge >= 0.3 is 0 Å². The standard InChI is InChI=1S/C19H28.CH2O/c1-15(2)9-7-10-16(3)12-13-18-17(4)11-8-14-19(18,5)6;1-2/h7,9-10,12-13H,1,8,11,14H2,2-6H3;1H2/b9-7+,13-12+,16-10+;. The Hall–Kier alpha value is -1.63. The van der Waals surface area contributed by atoms with Crippen molar-refractivity contribution in [1.82, 2.24) is 0 Å². The summed E-state index contributed by atoms with van der Waals surface area (Å²) in [6, 6.07) is 0. The number of rotatable bonds is 4. The van der Waals surface area contributed by atoms with Gasteiger partial charge in [0, 0.05) is 0 Å². The lowest BCUT2D eigenvalue weighted by molar-refractivity contribution is -0.0979. The lowest BCUT2D eigenvalue weighted by atomic mass is 9.72. The molecule has 1 heteroatoms. The SMILES string of the molecule is C=C(C)/C=C/C=C(C)/C=C/C1=C(C)CCCC1(C)C.C=O. The zero-order valence-corrected chi connectivity index (χ0v) is 14.3. The highest BCUT2D eigenvalue weighted by atomic mass is 16.1. The van der Waals surface area contributed by atoms with Gasteiger partial charge in [0.15, 0.2) is 0 Å². The average molecular weight is 286 g/mol. The molecule has 0 unspecified atom stereocenters. The molecule has 0 atom stereocenters. The first-order valence-electron chi connectivity index (χ1n) is 7.50. The highest BCUT2D eigenvalue weighted by Crippen LogP contribution is 2.40. The third-order valence-corrected chi connectivity index (χ3v) is 3.80. The summed E-state index contributed by atoms with van der Waals surface area (Å²) in [5.41, 5.74) is 5.76. The predicted molar refractivity (Wildman–Crippen MR) is 94.3 cm³/mol. The van der Waals surface area contributed by atoms with Gasteiger partial charge in [-0.1, -0.05) is 67.5 Å². The van der Waals surface area contributed by atoms with Crippen LogP contribution in [0, 0.1) is 5.41 Å². The van der Waals surface area contributed by atoms with Crippen molar-refractivity contribution in [3.63, 3.8) is 0 Å². The second-order valence-corrected chi connectivity index (χ2v) is 6.38. The summed E-state index contributed by atoms with van der Waals surface area (Å²) in [7, 11) is 0. The van der Waals surface area contributed by atoms with E-state index in [-0.39, 0.29) is 0 Å². The van der Waals surface area contributed by atoms with Crippen molar-refractivity contribution in [2.45, 2.75) is 53.9 Å². The van der Waals surface area contributed by atoms with Gasteiger partial charge in [-0.15, -0.1) is 0 Å². The largest absolute Gasteiger partial charge is 0.307 e. The number of carbonyl (C=O) groups excluding carboxylic acids is 1. The molecular formula is C20H30O. The minimum Gasteiger partial charge on any atom is -0.307 e. The molecular weight excluding hydrogens is 256 g/mol. The summed E-state index contributed by atoms with van der Waals surface area (Å²) in [5, 5.41) is 0. The maximum atomic E-state index is 8.00. The van der Waals surface area contributed by atoms with Gasteiger partial charge in [-0.3, -0.25) is 0 Å². The molecule has 0 amide bonds. The normalized spacial score (nSPS) is 18.8. The van der Waals surface area contributed by atoms with Crippen LogP contribution in [0.3, 0.4) is 0 Å². The molecule has 1 aliphatic rings. The van der Waals surface area contributed by atoms with Crippen LogP contribution in [0.4, 0.5) is 0 Å². The van der Waals surface area contributed by atoms with Crippen LogP contribution in [0.2, 0.25) is 0 Å². The van der Waals surface area contributed by atoms with Crippen molar-refractivity contribution < 1.29 is 4.79 Å². The van der Waals surface area contributed by atoms with Crippen molar-refractivity contribution in [1.29, 1.82) is 0 Å². The molecule has 0 heterocycles. The monoisotopic (exact) mass is 286 g/mol. The van der Waals surface area contributed by atoms with E-state index < -0.39 is 0 Å². The molecule has 0 saturated heterocycles. The second-order valence-electron chi connectivity index (χ2n) is 6.38. The van der Waals surface area contributed by atoms with Gasteiger partial charge in [-0.25, -0.2) is 0 Å². The van der Waals surface area contributed by atoms with Crippen molar-refractivity contribution in [2.24, 2.45) is 5.41 Å². The number of hydrogen-bond donors (Lipinski definition) is 0. The zero-order valence-electron chi connectivity index (χ0n) is 14.3. The topological polar surface area (TPSA) is 17.1 Å². The van der Waals surface area contributed by atoms with Gasteiger partial charge < -0.3 is 4.79 Å². The van der Waals surface area contributed by atoms with Crippen LogP contribution in [0.5, 0.6) is 0 Å². The van der Waals surface area contributed by atoms with E-state index >= 15 is 0 Å². The average Bonchev–Trinajstić information content (AvgIpc) is 2.39. The Balaban J connectivity index is 0.00000191. The van der Waals surface area contributed by atoms with Crippen LogP contribution < -0.4 is 0 Å². The lowest BCUT2D eigenvalue weighted by Crippen LogP contribution is -2.19. The summed E-state index contributed by atoms with van der Waals surface area (Å²) in [5.74, 6) is 0. The van der Waals surface area contributed by atoms with Crippen LogP contribution in [0.15, 0.2) is 59.3 Å². The molecule has 0 bridgehead atoms. The first kappa shape index (κ1) is 19.4. The van der Waals surface area contributed by atoms with E-state index in [1.807, 2.05) is 19.8 Å². The Kier molecular flexibility index (Phi) is 8.61. The molecule has 0 aromatic heterocycles. The first-order valence-corrected chi connectivity index (χ1v) is 7.50. The van der Waals surface area contributed by atoms with E-state index in [0.29, 0.717) is 5.41 Å². The quantitative estimate of drug-likeness (QED) is 0.582. The van der Waals surface area contributed by atoms with Crippen molar-refractivity contribution in [2.75, 3.05) is 0 Å².